The molecule has 3 saturated heterocycles. The fourth-order valence-corrected chi connectivity index (χ4v) is 7.94. The van der Waals surface area contributed by atoms with Gasteiger partial charge in [-0.25, -0.2) is 0 Å². The number of esters is 1. The number of anilines is 1. The van der Waals surface area contributed by atoms with E-state index in [4.69, 9.17) is 9.47 Å². The highest BCUT2D eigenvalue weighted by Crippen LogP contribution is 2.60. The van der Waals surface area contributed by atoms with E-state index in [0.717, 1.165) is 10.8 Å². The van der Waals surface area contributed by atoms with Crippen LogP contribution in [0.15, 0.2) is 67.8 Å². The van der Waals surface area contributed by atoms with E-state index in [1.165, 1.54) is 4.90 Å². The van der Waals surface area contributed by atoms with Crippen LogP contribution in [0.5, 0.6) is 0 Å². The first-order valence-corrected chi connectivity index (χ1v) is 16.3. The Bertz CT molecular complexity index is 1480. The highest BCUT2D eigenvalue weighted by molar-refractivity contribution is 9.09. The molecule has 0 radical (unpaired) electrons. The van der Waals surface area contributed by atoms with Gasteiger partial charge in [-0.1, -0.05) is 58.4 Å². The molecular formula is C34H40BrN3O7. The van der Waals surface area contributed by atoms with Crippen molar-refractivity contribution in [2.45, 2.75) is 61.3 Å². The number of aliphatic hydroxyl groups excluding tert-OH is 1. The highest BCUT2D eigenvalue weighted by atomic mass is 79.9. The number of halogens is 1. The number of fused-ring (bicyclic) bond motifs is 2. The predicted molar refractivity (Wildman–Crippen MR) is 174 cm³/mol. The number of aliphatic hydroxyl groups is 1. The summed E-state index contributed by atoms with van der Waals surface area (Å²) < 4.78 is 12.3. The van der Waals surface area contributed by atoms with Crippen LogP contribution in [0, 0.1) is 11.8 Å². The molecule has 0 aromatic heterocycles. The summed E-state index contributed by atoms with van der Waals surface area (Å²) in [6.45, 7) is 9.43. The Morgan fingerprint density at radius 1 is 1.22 bits per heavy atom. The van der Waals surface area contributed by atoms with E-state index in [-0.39, 0.29) is 61.6 Å². The monoisotopic (exact) mass is 681 g/mol. The van der Waals surface area contributed by atoms with Crippen LogP contribution in [0.1, 0.15) is 32.6 Å². The van der Waals surface area contributed by atoms with Gasteiger partial charge in [0.15, 0.2) is 0 Å². The number of hydrogen-bond acceptors (Lipinski definition) is 7. The van der Waals surface area contributed by atoms with Gasteiger partial charge >= 0.3 is 5.97 Å². The van der Waals surface area contributed by atoms with Crippen molar-refractivity contribution in [3.8, 4) is 0 Å². The van der Waals surface area contributed by atoms with E-state index < -0.39 is 41.7 Å². The number of nitrogens with one attached hydrogen (secondary N) is 1. The quantitative estimate of drug-likeness (QED) is 0.178. The number of rotatable bonds is 14. The van der Waals surface area contributed by atoms with Gasteiger partial charge < -0.3 is 29.7 Å². The van der Waals surface area contributed by atoms with Gasteiger partial charge in [-0.15, -0.1) is 13.2 Å². The lowest BCUT2D eigenvalue weighted by atomic mass is 9.70. The lowest BCUT2D eigenvalue weighted by molar-refractivity contribution is -0.159. The molecule has 2 aromatic carbocycles. The Labute approximate surface area is 271 Å². The number of alkyl halides is 1. The minimum Gasteiger partial charge on any atom is -0.460 e. The van der Waals surface area contributed by atoms with Crippen LogP contribution in [-0.4, -0.2) is 88.6 Å². The molecule has 3 aliphatic heterocycles. The van der Waals surface area contributed by atoms with E-state index >= 15 is 0 Å². The van der Waals surface area contributed by atoms with Gasteiger partial charge in [-0.3, -0.25) is 19.2 Å². The van der Waals surface area contributed by atoms with Gasteiger partial charge in [-0.05, 0) is 49.1 Å². The molecule has 2 bridgehead atoms. The molecule has 1 unspecified atom stereocenters. The minimum absolute atomic E-state index is 0.119. The lowest BCUT2D eigenvalue weighted by Crippen LogP contribution is -2.57. The fourth-order valence-electron chi connectivity index (χ4n) is 7.00. The van der Waals surface area contributed by atoms with E-state index in [1.807, 2.05) is 42.5 Å². The smallest absolute Gasteiger partial charge is 0.312 e. The first-order valence-electron chi connectivity index (χ1n) is 15.4. The van der Waals surface area contributed by atoms with E-state index in [2.05, 4.69) is 34.4 Å². The van der Waals surface area contributed by atoms with Crippen molar-refractivity contribution in [1.29, 1.82) is 0 Å². The molecule has 10 nitrogen and oxygen atoms in total. The molecular weight excluding hydrogens is 642 g/mol. The average Bonchev–Trinajstić information content (AvgIpc) is 3.63. The molecule has 3 heterocycles. The van der Waals surface area contributed by atoms with E-state index in [1.54, 1.807) is 24.0 Å². The van der Waals surface area contributed by atoms with Gasteiger partial charge in [0.25, 0.3) is 5.91 Å². The zero-order valence-electron chi connectivity index (χ0n) is 25.4. The summed E-state index contributed by atoms with van der Waals surface area (Å²) in [6, 6.07) is 12.6. The number of allylic oxidation sites excluding steroid dienone is 1. The largest absolute Gasteiger partial charge is 0.460 e. The van der Waals surface area contributed by atoms with Gasteiger partial charge in [0.1, 0.15) is 17.7 Å². The predicted octanol–water partition coefficient (Wildman–Crippen LogP) is 3.50. The van der Waals surface area contributed by atoms with E-state index in [9.17, 15) is 24.3 Å². The second-order valence-corrected chi connectivity index (χ2v) is 13.1. The molecule has 2 N–H and O–H groups in total. The summed E-state index contributed by atoms with van der Waals surface area (Å²) in [4.78, 5) is 57.4. The molecule has 0 aliphatic carbocycles. The maximum atomic E-state index is 14.7. The van der Waals surface area contributed by atoms with Crippen molar-refractivity contribution in [1.82, 2.24) is 10.2 Å². The molecule has 11 heteroatoms. The summed E-state index contributed by atoms with van der Waals surface area (Å²) in [5, 5.41) is 14.4. The van der Waals surface area contributed by atoms with Crippen LogP contribution in [0.4, 0.5) is 5.69 Å². The number of carbonyl (C=O) groups excluding carboxylic acids is 4. The second kappa shape index (κ2) is 13.8. The number of likely N-dealkylation sites (tertiary alicyclic amines) is 1. The SMILES string of the molecule is C=CCCC(=O)NC[C@@H](C)OC(=O)[C@H]1[C@@H]2O[C@@]3(CC2Br)[C@@H]1C(=O)N(CCCO)[C@@H]3C(=O)N(CC=C)c1ccc2ccccc2c1. The zero-order valence-corrected chi connectivity index (χ0v) is 27.0. The van der Waals surface area contributed by atoms with Crippen molar-refractivity contribution in [2.75, 3.05) is 31.1 Å². The molecule has 240 valence electrons. The van der Waals surface area contributed by atoms with Crippen LogP contribution in [0.25, 0.3) is 10.8 Å². The Kier molecular flexibility index (Phi) is 10.1. The van der Waals surface area contributed by atoms with Crippen molar-refractivity contribution >= 4 is 56.1 Å². The zero-order chi connectivity index (χ0) is 32.3. The van der Waals surface area contributed by atoms with E-state index in [0.29, 0.717) is 18.5 Å². The first kappa shape index (κ1) is 32.8. The third-order valence-corrected chi connectivity index (χ3v) is 9.80. The third kappa shape index (κ3) is 6.17. The summed E-state index contributed by atoms with van der Waals surface area (Å²) in [5.41, 5.74) is -0.624. The number of ether oxygens (including phenoxy) is 2. The van der Waals surface area contributed by atoms with Crippen molar-refractivity contribution in [2.24, 2.45) is 11.8 Å². The Morgan fingerprint density at radius 3 is 2.69 bits per heavy atom. The van der Waals surface area contributed by atoms with Crippen LogP contribution in [0.3, 0.4) is 0 Å². The van der Waals surface area contributed by atoms with Gasteiger partial charge in [0, 0.05) is 36.6 Å². The molecule has 45 heavy (non-hydrogen) atoms. The summed E-state index contributed by atoms with van der Waals surface area (Å²) in [7, 11) is 0. The second-order valence-electron chi connectivity index (χ2n) is 11.9. The summed E-state index contributed by atoms with van der Waals surface area (Å²) in [5.74, 6) is -3.38. The Hall–Kier alpha value is -3.54. The third-order valence-electron chi connectivity index (χ3n) is 8.95. The molecule has 0 saturated carbocycles. The van der Waals surface area contributed by atoms with Gasteiger partial charge in [0.05, 0.1) is 24.5 Å². The highest BCUT2D eigenvalue weighted by Gasteiger charge is 2.77. The van der Waals surface area contributed by atoms with Crippen LogP contribution in [0.2, 0.25) is 0 Å². The first-order chi connectivity index (χ1) is 21.7. The number of hydrogen-bond donors (Lipinski definition) is 2. The Morgan fingerprint density at radius 2 is 1.98 bits per heavy atom. The minimum atomic E-state index is -1.27. The van der Waals surface area contributed by atoms with Crippen LogP contribution < -0.4 is 10.2 Å². The van der Waals surface area contributed by atoms with Crippen LogP contribution in [-0.2, 0) is 28.7 Å². The summed E-state index contributed by atoms with van der Waals surface area (Å²) in [6.07, 6.45) is 3.39. The lowest BCUT2D eigenvalue weighted by Gasteiger charge is -2.37. The van der Waals surface area contributed by atoms with Gasteiger partial charge in [0.2, 0.25) is 11.8 Å². The molecule has 5 rings (SSSR count). The normalized spacial score (nSPS) is 27.2. The van der Waals surface area contributed by atoms with Crippen molar-refractivity contribution in [3.63, 3.8) is 0 Å². The van der Waals surface area contributed by atoms with Crippen molar-refractivity contribution < 1.29 is 33.8 Å². The standard InChI is InChI=1S/C34H40BrN3O7/c1-4-6-12-26(40)36-20-21(3)44-33(43)27-28-31(41)38(16-9-17-39)30(34(28)19-25(35)29(27)45-34)32(42)37(15-5-2)24-14-13-22-10-7-8-11-23(22)18-24/h4-5,7-8,10-11,13-14,18,21,25,27-30,39H,1-2,6,9,12,15-17,19-20H2,3H3,(H,36,40)/t21-,25?,27-,28+,29-,30-,34+/m1/s1. The molecule has 3 aliphatic rings. The molecule has 3 amide bonds. The molecule has 2 aromatic rings. The fraction of sp³-hybridized carbons (Fsp3) is 0.471. The maximum absolute atomic E-state index is 14.7. The van der Waals surface area contributed by atoms with Crippen molar-refractivity contribution in [3.05, 3.63) is 67.8 Å². The topological polar surface area (TPSA) is 125 Å². The molecule has 1 spiro atoms. The number of nitrogens with zero attached hydrogens (tertiary/aromatic N) is 2. The number of benzene rings is 2. The average molecular weight is 683 g/mol. The molecule has 3 fully saturated rings. The summed E-state index contributed by atoms with van der Waals surface area (Å²) >= 11 is 3.68. The van der Waals surface area contributed by atoms with Crippen LogP contribution >= 0.6 is 15.9 Å². The number of carbonyl (C=O) groups is 4. The number of amides is 3. The maximum Gasteiger partial charge on any atom is 0.312 e. The molecule has 7 atom stereocenters. The Balaban J connectivity index is 1.44. The van der Waals surface area contributed by atoms with Gasteiger partial charge in [-0.2, -0.15) is 0 Å².